The lowest BCUT2D eigenvalue weighted by atomic mass is 9.73. The second-order valence-electron chi connectivity index (χ2n) is 12.5. The van der Waals surface area contributed by atoms with Crippen LogP contribution in [0.15, 0.2) is 18.6 Å². The smallest absolute Gasteiger partial charge is 0.329 e. The molecule has 37 heavy (non-hydrogen) atoms. The molecule has 1 aromatic heterocycles. The number of carbonyl (C=O) groups excluding carboxylic acids is 4. The van der Waals surface area contributed by atoms with Crippen molar-refractivity contribution in [2.75, 3.05) is 13.2 Å². The first kappa shape index (κ1) is 28.7. The zero-order valence-electron chi connectivity index (χ0n) is 23.2. The molecule has 2 fully saturated rings. The van der Waals surface area contributed by atoms with Crippen molar-refractivity contribution in [2.45, 2.75) is 86.2 Å². The molecule has 1 aliphatic carbocycles. The number of Topliss-reactive ketones (excluding diaryl/α,β-unsaturated/α-hetero) is 1. The summed E-state index contributed by atoms with van der Waals surface area (Å²) in [6.45, 7) is 14.0. The van der Waals surface area contributed by atoms with Gasteiger partial charge in [0.25, 0.3) is 5.91 Å². The van der Waals surface area contributed by atoms with Crippen LogP contribution >= 0.6 is 0 Å². The Morgan fingerprint density at radius 3 is 2.35 bits per heavy atom. The lowest BCUT2D eigenvalue weighted by Crippen LogP contribution is -2.53. The molecule has 9 nitrogen and oxygen atoms in total. The minimum absolute atomic E-state index is 0.0492. The van der Waals surface area contributed by atoms with Gasteiger partial charge in [-0.15, -0.1) is 0 Å². The van der Waals surface area contributed by atoms with E-state index in [0.29, 0.717) is 6.54 Å². The summed E-state index contributed by atoms with van der Waals surface area (Å²) in [4.78, 5) is 63.2. The van der Waals surface area contributed by atoms with Crippen LogP contribution in [0.25, 0.3) is 0 Å². The molecule has 1 saturated heterocycles. The molecule has 1 aliphatic heterocycles. The van der Waals surface area contributed by atoms with E-state index >= 15 is 0 Å². The van der Waals surface area contributed by atoms with Gasteiger partial charge < -0.3 is 15.0 Å². The van der Waals surface area contributed by atoms with E-state index in [9.17, 15) is 19.2 Å². The Kier molecular flexibility index (Phi) is 8.75. The fourth-order valence-electron chi connectivity index (χ4n) is 5.75. The molecule has 0 unspecified atom stereocenters. The van der Waals surface area contributed by atoms with Crippen molar-refractivity contribution in [3.63, 3.8) is 0 Å². The Labute approximate surface area is 220 Å². The number of esters is 1. The molecule has 9 heteroatoms. The van der Waals surface area contributed by atoms with E-state index in [-0.39, 0.29) is 48.2 Å². The van der Waals surface area contributed by atoms with Crippen molar-refractivity contribution < 1.29 is 23.9 Å². The van der Waals surface area contributed by atoms with Crippen LogP contribution in [0, 0.1) is 28.6 Å². The van der Waals surface area contributed by atoms with Gasteiger partial charge in [-0.25, -0.2) is 9.78 Å². The summed E-state index contributed by atoms with van der Waals surface area (Å²) in [5.74, 6) is -1.54. The SMILES string of the molecule is CCOC(=O)[C@@H]1[C@H]2CCC[C@H]2CN1C(=O)[C@@H](CC(=O)[C@@H](NC(=O)c1cnccn1)C(C)(C)C)C(C)(C)C. The molecular formula is C28H42N4O5. The maximum atomic E-state index is 14.1. The van der Waals surface area contributed by atoms with Gasteiger partial charge in [-0.2, -0.15) is 0 Å². The minimum atomic E-state index is -0.835. The van der Waals surface area contributed by atoms with E-state index < -0.39 is 34.7 Å². The number of hydrogen-bond acceptors (Lipinski definition) is 7. The average molecular weight is 515 g/mol. The normalized spacial score (nSPS) is 23.2. The second kappa shape index (κ2) is 11.3. The van der Waals surface area contributed by atoms with Gasteiger partial charge >= 0.3 is 5.97 Å². The highest BCUT2D eigenvalue weighted by Crippen LogP contribution is 2.44. The summed E-state index contributed by atoms with van der Waals surface area (Å²) in [6.07, 6.45) is 7.13. The molecule has 0 spiro atoms. The van der Waals surface area contributed by atoms with Crippen LogP contribution in [0.3, 0.4) is 0 Å². The van der Waals surface area contributed by atoms with Gasteiger partial charge in [-0.1, -0.05) is 48.0 Å². The summed E-state index contributed by atoms with van der Waals surface area (Å²) in [7, 11) is 0. The summed E-state index contributed by atoms with van der Waals surface area (Å²) in [5, 5.41) is 2.82. The molecule has 1 aromatic rings. The Morgan fingerprint density at radius 2 is 1.78 bits per heavy atom. The Hall–Kier alpha value is -2.84. The van der Waals surface area contributed by atoms with Crippen LogP contribution in [0.4, 0.5) is 0 Å². The van der Waals surface area contributed by atoms with Crippen LogP contribution in [0.2, 0.25) is 0 Å². The number of hydrogen-bond donors (Lipinski definition) is 1. The number of amides is 2. The number of aromatic nitrogens is 2. The fraction of sp³-hybridized carbons (Fsp3) is 0.714. The minimum Gasteiger partial charge on any atom is -0.464 e. The van der Waals surface area contributed by atoms with E-state index in [1.165, 1.54) is 18.6 Å². The molecule has 204 valence electrons. The van der Waals surface area contributed by atoms with E-state index in [2.05, 4.69) is 15.3 Å². The third-order valence-electron chi connectivity index (χ3n) is 7.71. The largest absolute Gasteiger partial charge is 0.464 e. The lowest BCUT2D eigenvalue weighted by Gasteiger charge is -2.37. The fourth-order valence-corrected chi connectivity index (χ4v) is 5.75. The number of rotatable bonds is 8. The first-order valence-electron chi connectivity index (χ1n) is 13.3. The monoisotopic (exact) mass is 514 g/mol. The summed E-state index contributed by atoms with van der Waals surface area (Å²) < 4.78 is 5.37. The first-order chi connectivity index (χ1) is 17.3. The molecular weight excluding hydrogens is 472 g/mol. The lowest BCUT2D eigenvalue weighted by molar-refractivity contribution is -0.157. The summed E-state index contributed by atoms with van der Waals surface area (Å²) >= 11 is 0. The number of carbonyl (C=O) groups is 4. The molecule has 3 rings (SSSR count). The number of nitrogens with one attached hydrogen (secondary N) is 1. The number of nitrogens with zero attached hydrogens (tertiary/aromatic N) is 3. The topological polar surface area (TPSA) is 119 Å². The second-order valence-corrected chi connectivity index (χ2v) is 12.5. The summed E-state index contributed by atoms with van der Waals surface area (Å²) in [5.41, 5.74) is -1.02. The van der Waals surface area contributed by atoms with Crippen LogP contribution in [-0.4, -0.2) is 63.7 Å². The van der Waals surface area contributed by atoms with Crippen molar-refractivity contribution in [1.82, 2.24) is 20.2 Å². The Balaban J connectivity index is 1.85. The van der Waals surface area contributed by atoms with Gasteiger partial charge in [0, 0.05) is 31.3 Å². The van der Waals surface area contributed by atoms with Gasteiger partial charge in [0.1, 0.15) is 11.7 Å². The van der Waals surface area contributed by atoms with E-state index in [0.717, 1.165) is 19.3 Å². The molecule has 1 N–H and O–H groups in total. The van der Waals surface area contributed by atoms with Gasteiger partial charge in [-0.3, -0.25) is 19.4 Å². The first-order valence-corrected chi connectivity index (χ1v) is 13.3. The molecule has 2 aliphatic rings. The van der Waals surface area contributed by atoms with Crippen molar-refractivity contribution in [1.29, 1.82) is 0 Å². The van der Waals surface area contributed by atoms with Crippen LogP contribution in [0.1, 0.15) is 84.6 Å². The Bertz CT molecular complexity index is 998. The van der Waals surface area contributed by atoms with Crippen molar-refractivity contribution >= 4 is 23.6 Å². The highest BCUT2D eigenvalue weighted by molar-refractivity contribution is 5.98. The highest BCUT2D eigenvalue weighted by atomic mass is 16.5. The van der Waals surface area contributed by atoms with Crippen molar-refractivity contribution in [2.24, 2.45) is 28.6 Å². The molecule has 0 aromatic carbocycles. The third kappa shape index (κ3) is 6.54. The highest BCUT2D eigenvalue weighted by Gasteiger charge is 2.52. The standard InChI is InChI=1S/C28H42N4O5/c1-8-37-26(36)22-18-11-9-10-17(18)16-32(22)25(35)19(27(2,3)4)14-21(33)23(28(5,6)7)31-24(34)20-15-29-12-13-30-20/h12-13,15,17-19,22-23H,8-11,14,16H2,1-7H3,(H,31,34)/t17-,18-,19+,22-,23+/m0/s1. The summed E-state index contributed by atoms with van der Waals surface area (Å²) in [6, 6.07) is -1.44. The van der Waals surface area contributed by atoms with E-state index in [4.69, 9.17) is 4.74 Å². The molecule has 2 heterocycles. The maximum Gasteiger partial charge on any atom is 0.329 e. The van der Waals surface area contributed by atoms with Crippen molar-refractivity contribution in [3.8, 4) is 0 Å². The Morgan fingerprint density at radius 1 is 1.08 bits per heavy atom. The molecule has 0 bridgehead atoms. The molecule has 1 saturated carbocycles. The molecule has 0 radical (unpaired) electrons. The number of fused-ring (bicyclic) bond motifs is 1. The van der Waals surface area contributed by atoms with Crippen LogP contribution in [0.5, 0.6) is 0 Å². The van der Waals surface area contributed by atoms with E-state index in [1.54, 1.807) is 11.8 Å². The zero-order valence-corrected chi connectivity index (χ0v) is 23.2. The van der Waals surface area contributed by atoms with Crippen molar-refractivity contribution in [3.05, 3.63) is 24.3 Å². The van der Waals surface area contributed by atoms with Gasteiger partial charge in [0.15, 0.2) is 5.78 Å². The van der Waals surface area contributed by atoms with Crippen LogP contribution in [-0.2, 0) is 19.1 Å². The van der Waals surface area contributed by atoms with Gasteiger partial charge in [0.2, 0.25) is 5.91 Å². The van der Waals surface area contributed by atoms with Gasteiger partial charge in [0.05, 0.1) is 18.8 Å². The third-order valence-corrected chi connectivity index (χ3v) is 7.71. The van der Waals surface area contributed by atoms with Gasteiger partial charge in [-0.05, 0) is 42.4 Å². The maximum absolute atomic E-state index is 14.1. The quantitative estimate of drug-likeness (QED) is 0.528. The zero-order chi connectivity index (χ0) is 27.5. The number of ketones is 1. The predicted molar refractivity (Wildman–Crippen MR) is 138 cm³/mol. The average Bonchev–Trinajstić information content (AvgIpc) is 3.41. The number of ether oxygens (including phenoxy) is 1. The molecule has 5 atom stereocenters. The number of likely N-dealkylation sites (tertiary alicyclic amines) is 1. The van der Waals surface area contributed by atoms with E-state index in [1.807, 2.05) is 41.5 Å². The predicted octanol–water partition coefficient (Wildman–Crippen LogP) is 3.43. The molecule has 2 amide bonds. The van der Waals surface area contributed by atoms with Crippen LogP contribution < -0.4 is 5.32 Å².